The van der Waals surface area contributed by atoms with Crippen LogP contribution in [0.25, 0.3) is 11.3 Å². The first-order chi connectivity index (χ1) is 12.6. The Kier molecular flexibility index (Phi) is 6.01. The van der Waals surface area contributed by atoms with Gasteiger partial charge in [0, 0.05) is 21.5 Å². The summed E-state index contributed by atoms with van der Waals surface area (Å²) in [6, 6.07) is 13.5. The zero-order valence-corrected chi connectivity index (χ0v) is 16.6. The summed E-state index contributed by atoms with van der Waals surface area (Å²) in [5.41, 5.74) is 2.93. The number of methoxy groups -OCH3 is 2. The van der Waals surface area contributed by atoms with Gasteiger partial charge in [-0.1, -0.05) is 37.1 Å². The highest BCUT2D eigenvalue weighted by molar-refractivity contribution is 7.16. The Labute approximate surface area is 162 Å². The molecule has 136 valence electrons. The monoisotopic (exact) mass is 388 g/mol. The van der Waals surface area contributed by atoms with E-state index in [0.717, 1.165) is 45.7 Å². The number of hydrogen-bond donors (Lipinski definition) is 1. The molecule has 0 fully saturated rings. The van der Waals surface area contributed by atoms with E-state index in [1.807, 2.05) is 42.5 Å². The van der Waals surface area contributed by atoms with Crippen LogP contribution in [0, 0.1) is 0 Å². The summed E-state index contributed by atoms with van der Waals surface area (Å²) in [6.07, 6.45) is 2.05. The summed E-state index contributed by atoms with van der Waals surface area (Å²) in [4.78, 5) is 6.07. The molecule has 1 aromatic heterocycles. The second-order valence-corrected chi connectivity index (χ2v) is 7.26. The summed E-state index contributed by atoms with van der Waals surface area (Å²) >= 11 is 7.68. The third-order valence-corrected chi connectivity index (χ3v) is 5.22. The molecule has 0 aliphatic rings. The van der Waals surface area contributed by atoms with Crippen molar-refractivity contribution in [2.24, 2.45) is 0 Å². The number of benzene rings is 2. The number of hydrogen-bond acceptors (Lipinski definition) is 5. The fourth-order valence-electron chi connectivity index (χ4n) is 2.65. The van der Waals surface area contributed by atoms with Gasteiger partial charge in [0.05, 0.1) is 25.6 Å². The van der Waals surface area contributed by atoms with Crippen molar-refractivity contribution >= 4 is 33.8 Å². The fraction of sp³-hybridized carbons (Fsp3) is 0.250. The molecule has 26 heavy (non-hydrogen) atoms. The Bertz CT molecular complexity index is 878. The lowest BCUT2D eigenvalue weighted by molar-refractivity contribution is 0.395. The molecule has 0 amide bonds. The number of rotatable bonds is 7. The van der Waals surface area contributed by atoms with Crippen molar-refractivity contribution in [3.05, 3.63) is 52.4 Å². The number of aryl methyl sites for hydroxylation is 1. The predicted octanol–water partition coefficient (Wildman–Crippen LogP) is 6.18. The van der Waals surface area contributed by atoms with Crippen LogP contribution in [0.1, 0.15) is 18.2 Å². The average molecular weight is 389 g/mol. The van der Waals surface area contributed by atoms with Crippen molar-refractivity contribution in [1.82, 2.24) is 4.98 Å². The van der Waals surface area contributed by atoms with Crippen molar-refractivity contribution in [3.63, 3.8) is 0 Å². The fourth-order valence-corrected chi connectivity index (χ4v) is 3.88. The summed E-state index contributed by atoms with van der Waals surface area (Å²) in [5, 5.41) is 4.94. The van der Waals surface area contributed by atoms with Gasteiger partial charge < -0.3 is 14.8 Å². The largest absolute Gasteiger partial charge is 0.497 e. The van der Waals surface area contributed by atoms with Gasteiger partial charge in [-0.2, -0.15) is 0 Å². The molecule has 4 nitrogen and oxygen atoms in total. The lowest BCUT2D eigenvalue weighted by Gasteiger charge is -2.10. The highest BCUT2D eigenvalue weighted by Gasteiger charge is 2.14. The van der Waals surface area contributed by atoms with Crippen LogP contribution in [0.4, 0.5) is 10.8 Å². The van der Waals surface area contributed by atoms with Crippen LogP contribution in [-0.4, -0.2) is 19.2 Å². The van der Waals surface area contributed by atoms with Crippen LogP contribution in [0.5, 0.6) is 11.5 Å². The molecule has 1 N–H and O–H groups in total. The van der Waals surface area contributed by atoms with Gasteiger partial charge in [0.1, 0.15) is 11.5 Å². The molecule has 0 aliphatic carbocycles. The van der Waals surface area contributed by atoms with E-state index in [2.05, 4.69) is 12.2 Å². The van der Waals surface area contributed by atoms with Crippen LogP contribution in [0.2, 0.25) is 5.02 Å². The number of nitrogens with zero attached hydrogens (tertiary/aromatic N) is 1. The normalized spacial score (nSPS) is 10.6. The average Bonchev–Trinajstić information content (AvgIpc) is 3.05. The first-order valence-corrected chi connectivity index (χ1v) is 9.58. The van der Waals surface area contributed by atoms with Crippen molar-refractivity contribution in [1.29, 1.82) is 0 Å². The molecule has 0 atom stereocenters. The molecule has 3 rings (SSSR count). The van der Waals surface area contributed by atoms with E-state index in [1.54, 1.807) is 25.6 Å². The Morgan fingerprint density at radius 2 is 1.85 bits per heavy atom. The van der Waals surface area contributed by atoms with Crippen molar-refractivity contribution in [2.45, 2.75) is 19.8 Å². The molecule has 2 aromatic carbocycles. The number of nitrogens with one attached hydrogen (secondary N) is 1. The Morgan fingerprint density at radius 3 is 2.50 bits per heavy atom. The molecule has 1 heterocycles. The zero-order chi connectivity index (χ0) is 18.5. The molecule has 0 radical (unpaired) electrons. The predicted molar refractivity (Wildman–Crippen MR) is 109 cm³/mol. The lowest BCUT2D eigenvalue weighted by Crippen LogP contribution is -1.95. The number of halogens is 1. The summed E-state index contributed by atoms with van der Waals surface area (Å²) < 4.78 is 10.7. The number of thiazole rings is 1. The quantitative estimate of drug-likeness (QED) is 0.525. The first kappa shape index (κ1) is 18.5. The lowest BCUT2D eigenvalue weighted by atomic mass is 10.1. The van der Waals surface area contributed by atoms with E-state index in [-0.39, 0.29) is 0 Å². The van der Waals surface area contributed by atoms with Gasteiger partial charge in [0.25, 0.3) is 0 Å². The zero-order valence-electron chi connectivity index (χ0n) is 15.0. The topological polar surface area (TPSA) is 43.4 Å². The third kappa shape index (κ3) is 4.11. The SMILES string of the molecule is CCCc1sc(Nc2ccc(OC)cc2OC)nc1-c1ccc(Cl)cc1. The maximum atomic E-state index is 6.02. The second-order valence-electron chi connectivity index (χ2n) is 5.74. The number of aromatic nitrogens is 1. The molecule has 0 saturated carbocycles. The standard InChI is InChI=1S/C20H21ClN2O2S/c1-4-5-18-19(13-6-8-14(21)9-7-13)23-20(26-18)22-16-11-10-15(24-2)12-17(16)25-3/h6-12H,4-5H2,1-3H3,(H,22,23). The van der Waals surface area contributed by atoms with Gasteiger partial charge in [0.2, 0.25) is 0 Å². The van der Waals surface area contributed by atoms with Gasteiger partial charge in [-0.15, -0.1) is 11.3 Å². The third-order valence-electron chi connectivity index (χ3n) is 3.94. The number of ether oxygens (including phenoxy) is 2. The minimum absolute atomic E-state index is 0.713. The minimum atomic E-state index is 0.713. The van der Waals surface area contributed by atoms with E-state index in [4.69, 9.17) is 26.1 Å². The molecule has 0 saturated heterocycles. The van der Waals surface area contributed by atoms with Crippen molar-refractivity contribution in [3.8, 4) is 22.8 Å². The van der Waals surface area contributed by atoms with E-state index in [1.165, 1.54) is 4.88 Å². The van der Waals surface area contributed by atoms with Gasteiger partial charge >= 0.3 is 0 Å². The molecule has 0 aliphatic heterocycles. The van der Waals surface area contributed by atoms with Crippen LogP contribution in [0.15, 0.2) is 42.5 Å². The van der Waals surface area contributed by atoms with Gasteiger partial charge in [0.15, 0.2) is 5.13 Å². The molecule has 0 unspecified atom stereocenters. The van der Waals surface area contributed by atoms with Crippen LogP contribution < -0.4 is 14.8 Å². The molecule has 6 heteroatoms. The summed E-state index contributed by atoms with van der Waals surface area (Å²) in [7, 11) is 3.28. The van der Waals surface area contributed by atoms with Gasteiger partial charge in [-0.3, -0.25) is 0 Å². The molecular formula is C20H21ClN2O2S. The highest BCUT2D eigenvalue weighted by atomic mass is 35.5. The Balaban J connectivity index is 1.94. The molecule has 0 bridgehead atoms. The maximum absolute atomic E-state index is 6.02. The summed E-state index contributed by atoms with van der Waals surface area (Å²) in [5.74, 6) is 1.46. The Hall–Kier alpha value is -2.24. The molecular weight excluding hydrogens is 368 g/mol. The van der Waals surface area contributed by atoms with Crippen LogP contribution in [0.3, 0.4) is 0 Å². The Morgan fingerprint density at radius 1 is 1.08 bits per heavy atom. The van der Waals surface area contributed by atoms with E-state index in [9.17, 15) is 0 Å². The number of anilines is 2. The van der Waals surface area contributed by atoms with Crippen LogP contribution >= 0.6 is 22.9 Å². The van der Waals surface area contributed by atoms with E-state index >= 15 is 0 Å². The molecule has 3 aromatic rings. The summed E-state index contributed by atoms with van der Waals surface area (Å²) in [6.45, 7) is 2.17. The maximum Gasteiger partial charge on any atom is 0.188 e. The van der Waals surface area contributed by atoms with Crippen molar-refractivity contribution in [2.75, 3.05) is 19.5 Å². The van der Waals surface area contributed by atoms with Crippen LogP contribution in [-0.2, 0) is 6.42 Å². The van der Waals surface area contributed by atoms with E-state index < -0.39 is 0 Å². The first-order valence-electron chi connectivity index (χ1n) is 8.39. The van der Waals surface area contributed by atoms with Gasteiger partial charge in [-0.25, -0.2) is 4.98 Å². The molecule has 0 spiro atoms. The minimum Gasteiger partial charge on any atom is -0.497 e. The van der Waals surface area contributed by atoms with E-state index in [0.29, 0.717) is 5.75 Å². The van der Waals surface area contributed by atoms with Gasteiger partial charge in [-0.05, 0) is 30.7 Å². The highest BCUT2D eigenvalue weighted by Crippen LogP contribution is 2.37. The van der Waals surface area contributed by atoms with Crippen molar-refractivity contribution < 1.29 is 9.47 Å². The second kappa shape index (κ2) is 8.43. The smallest absolute Gasteiger partial charge is 0.188 e.